The molecule has 0 amide bonds. The van der Waals surface area contributed by atoms with Crippen molar-refractivity contribution >= 4 is 17.6 Å². The molecule has 0 spiro atoms. The zero-order valence-corrected chi connectivity index (χ0v) is 8.47. The Bertz CT molecular complexity index is 473. The molecule has 0 bridgehead atoms. The Kier molecular flexibility index (Phi) is 2.46. The average molecular weight is 226 g/mol. The molecular formula is C11H9F3N2. The van der Waals surface area contributed by atoms with E-state index in [4.69, 9.17) is 0 Å². The summed E-state index contributed by atoms with van der Waals surface area (Å²) in [7, 11) is 0. The van der Waals surface area contributed by atoms with Crippen LogP contribution in [0, 0.1) is 6.92 Å². The molecule has 0 aromatic heterocycles. The van der Waals surface area contributed by atoms with Crippen LogP contribution in [0.25, 0.3) is 0 Å². The molecule has 5 heteroatoms. The van der Waals surface area contributed by atoms with Crippen LogP contribution in [0.3, 0.4) is 0 Å². The van der Waals surface area contributed by atoms with E-state index in [2.05, 4.69) is 10.3 Å². The molecule has 2 rings (SSSR count). The number of benzene rings is 1. The van der Waals surface area contributed by atoms with Gasteiger partial charge in [0.05, 0.1) is 11.4 Å². The van der Waals surface area contributed by atoms with Crippen LogP contribution in [0.4, 0.5) is 24.5 Å². The van der Waals surface area contributed by atoms with Gasteiger partial charge in [0.2, 0.25) is 0 Å². The number of anilines is 1. The van der Waals surface area contributed by atoms with Crippen molar-refractivity contribution in [1.82, 2.24) is 0 Å². The van der Waals surface area contributed by atoms with Crippen molar-refractivity contribution in [2.75, 3.05) is 5.32 Å². The number of hydrogen-bond acceptors (Lipinski definition) is 2. The van der Waals surface area contributed by atoms with Gasteiger partial charge in [-0.1, -0.05) is 6.07 Å². The number of aliphatic imine (C=N–C) groups is 1. The molecule has 1 aromatic rings. The van der Waals surface area contributed by atoms with Crippen LogP contribution >= 0.6 is 0 Å². The minimum absolute atomic E-state index is 0.364. The summed E-state index contributed by atoms with van der Waals surface area (Å²) < 4.78 is 37.5. The van der Waals surface area contributed by atoms with Crippen LogP contribution < -0.4 is 5.32 Å². The third-order valence-electron chi connectivity index (χ3n) is 2.18. The smallest absolute Gasteiger partial charge is 0.350 e. The van der Waals surface area contributed by atoms with E-state index in [1.807, 2.05) is 6.92 Å². The van der Waals surface area contributed by atoms with E-state index >= 15 is 0 Å². The van der Waals surface area contributed by atoms with E-state index in [-0.39, 0.29) is 0 Å². The fourth-order valence-electron chi connectivity index (χ4n) is 1.40. The first-order chi connectivity index (χ1) is 7.47. The topological polar surface area (TPSA) is 24.4 Å². The van der Waals surface area contributed by atoms with Gasteiger partial charge in [0.25, 0.3) is 0 Å². The quantitative estimate of drug-likeness (QED) is 0.718. The summed E-state index contributed by atoms with van der Waals surface area (Å²) in [6.07, 6.45) is -2.31. The maximum absolute atomic E-state index is 12.5. The highest BCUT2D eigenvalue weighted by molar-refractivity contribution is 5.83. The molecule has 0 saturated carbocycles. The van der Waals surface area contributed by atoms with E-state index < -0.39 is 11.9 Å². The molecule has 84 valence electrons. The lowest BCUT2D eigenvalue weighted by Gasteiger charge is -2.13. The molecule has 0 aliphatic carbocycles. The fourth-order valence-corrected chi connectivity index (χ4v) is 1.40. The van der Waals surface area contributed by atoms with Crippen LogP contribution in [-0.2, 0) is 0 Å². The number of aryl methyl sites for hydroxylation is 1. The third kappa shape index (κ3) is 2.08. The summed E-state index contributed by atoms with van der Waals surface area (Å²) in [6, 6.07) is 5.06. The van der Waals surface area contributed by atoms with Gasteiger partial charge in [-0.05, 0) is 30.7 Å². The number of hydrogen-bond donors (Lipinski definition) is 1. The molecule has 2 nitrogen and oxygen atoms in total. The first-order valence-electron chi connectivity index (χ1n) is 4.66. The minimum atomic E-state index is -4.39. The highest BCUT2D eigenvalue weighted by Crippen LogP contribution is 2.33. The van der Waals surface area contributed by atoms with Gasteiger partial charge in [-0.2, -0.15) is 13.2 Å². The molecule has 0 atom stereocenters. The Morgan fingerprint density at radius 1 is 1.25 bits per heavy atom. The fraction of sp³-hybridized carbons (Fsp3) is 0.182. The number of fused-ring (bicyclic) bond motifs is 1. The van der Waals surface area contributed by atoms with E-state index in [9.17, 15) is 13.2 Å². The highest BCUT2D eigenvalue weighted by Gasteiger charge is 2.34. The van der Waals surface area contributed by atoms with Crippen LogP contribution in [-0.4, -0.2) is 12.4 Å². The Labute approximate surface area is 90.5 Å². The second kappa shape index (κ2) is 3.66. The van der Waals surface area contributed by atoms with Crippen molar-refractivity contribution in [3.05, 3.63) is 35.5 Å². The van der Waals surface area contributed by atoms with Crippen LogP contribution in [0.15, 0.2) is 35.0 Å². The van der Waals surface area contributed by atoms with Crippen LogP contribution in [0.2, 0.25) is 0 Å². The summed E-state index contributed by atoms with van der Waals surface area (Å²) >= 11 is 0. The molecule has 1 N–H and O–H groups in total. The molecule has 0 fully saturated rings. The van der Waals surface area contributed by atoms with Crippen molar-refractivity contribution in [2.24, 2.45) is 4.99 Å². The van der Waals surface area contributed by atoms with E-state index in [1.54, 1.807) is 18.2 Å². The summed E-state index contributed by atoms with van der Waals surface area (Å²) in [5, 5.41) is 2.34. The minimum Gasteiger partial charge on any atom is -0.350 e. The standard InChI is InChI=1S/C11H9F3N2/c1-7-2-3-8-9(6-7)15-5-4-10(16-8)11(12,13)14/h2-6,16H,1H3. The van der Waals surface area contributed by atoms with Gasteiger partial charge in [-0.3, -0.25) is 4.99 Å². The Hall–Kier alpha value is -1.78. The maximum Gasteiger partial charge on any atom is 0.431 e. The van der Waals surface area contributed by atoms with Crippen molar-refractivity contribution < 1.29 is 13.2 Å². The predicted molar refractivity (Wildman–Crippen MR) is 57.1 cm³/mol. The van der Waals surface area contributed by atoms with Gasteiger partial charge in [-0.15, -0.1) is 0 Å². The lowest BCUT2D eigenvalue weighted by Crippen LogP contribution is -2.18. The summed E-state index contributed by atoms with van der Waals surface area (Å²) in [5.41, 5.74) is 1.02. The monoisotopic (exact) mass is 226 g/mol. The predicted octanol–water partition coefficient (Wildman–Crippen LogP) is 3.57. The molecule has 16 heavy (non-hydrogen) atoms. The van der Waals surface area contributed by atoms with Gasteiger partial charge < -0.3 is 5.32 Å². The molecular weight excluding hydrogens is 217 g/mol. The molecule has 1 heterocycles. The number of nitrogens with one attached hydrogen (secondary N) is 1. The number of nitrogens with zero attached hydrogens (tertiary/aromatic N) is 1. The normalized spacial score (nSPS) is 14.9. The van der Waals surface area contributed by atoms with Gasteiger partial charge in [0.1, 0.15) is 5.70 Å². The number of halogens is 3. The Balaban J connectivity index is 2.41. The largest absolute Gasteiger partial charge is 0.431 e. The van der Waals surface area contributed by atoms with Gasteiger partial charge in [0, 0.05) is 6.21 Å². The first kappa shape index (κ1) is 10.7. The molecule has 1 aromatic carbocycles. The average Bonchev–Trinajstić information content (AvgIpc) is 2.38. The van der Waals surface area contributed by atoms with Crippen molar-refractivity contribution in [2.45, 2.75) is 13.1 Å². The van der Waals surface area contributed by atoms with Gasteiger partial charge >= 0.3 is 6.18 Å². The number of alkyl halides is 3. The lowest BCUT2D eigenvalue weighted by molar-refractivity contribution is -0.0900. The van der Waals surface area contributed by atoms with Crippen molar-refractivity contribution in [3.63, 3.8) is 0 Å². The highest BCUT2D eigenvalue weighted by atomic mass is 19.4. The summed E-state index contributed by atoms with van der Waals surface area (Å²) in [6.45, 7) is 1.86. The lowest BCUT2D eigenvalue weighted by atomic mass is 10.2. The number of allylic oxidation sites excluding steroid dienone is 2. The van der Waals surface area contributed by atoms with E-state index in [0.717, 1.165) is 17.9 Å². The molecule has 1 aliphatic rings. The molecule has 0 radical (unpaired) electrons. The molecule has 0 saturated heterocycles. The molecule has 1 aliphatic heterocycles. The first-order valence-corrected chi connectivity index (χ1v) is 4.66. The zero-order chi connectivity index (χ0) is 11.8. The van der Waals surface area contributed by atoms with Crippen molar-refractivity contribution in [1.29, 1.82) is 0 Å². The van der Waals surface area contributed by atoms with Gasteiger partial charge in [0.15, 0.2) is 0 Å². The Morgan fingerprint density at radius 2 is 2.00 bits per heavy atom. The van der Waals surface area contributed by atoms with E-state index in [0.29, 0.717) is 11.4 Å². The summed E-state index contributed by atoms with van der Waals surface area (Å²) in [5.74, 6) is 0. The van der Waals surface area contributed by atoms with E-state index in [1.165, 1.54) is 0 Å². The van der Waals surface area contributed by atoms with Crippen molar-refractivity contribution in [3.8, 4) is 0 Å². The van der Waals surface area contributed by atoms with Gasteiger partial charge in [-0.25, -0.2) is 0 Å². The molecule has 0 unspecified atom stereocenters. The maximum atomic E-state index is 12.5. The van der Waals surface area contributed by atoms with Crippen LogP contribution in [0.1, 0.15) is 5.56 Å². The second-order valence-corrected chi connectivity index (χ2v) is 3.50. The van der Waals surface area contributed by atoms with Crippen LogP contribution in [0.5, 0.6) is 0 Å². The third-order valence-corrected chi connectivity index (χ3v) is 2.18. The number of rotatable bonds is 0. The zero-order valence-electron chi connectivity index (χ0n) is 8.47. The summed E-state index contributed by atoms with van der Waals surface area (Å²) in [4.78, 5) is 3.95. The Morgan fingerprint density at radius 3 is 2.69 bits per heavy atom. The SMILES string of the molecule is Cc1ccc2c(c1)N=CC=C(C(F)(F)F)N2. The second-order valence-electron chi connectivity index (χ2n) is 3.50.